The molecule has 12 heavy (non-hydrogen) atoms. The molecule has 72 valence electrons. The Morgan fingerprint density at radius 1 is 1.50 bits per heavy atom. The number of aliphatic hydroxyl groups excluding tert-OH is 3. The molecule has 0 amide bonds. The average Bonchev–Trinajstić information content (AvgIpc) is 2.06. The Labute approximate surface area is 70.5 Å². The number of hydrogen-bond donors (Lipinski definition) is 3. The van der Waals surface area contributed by atoms with Crippen LogP contribution in [0.5, 0.6) is 0 Å². The molecule has 1 rings (SSSR count). The van der Waals surface area contributed by atoms with E-state index >= 15 is 0 Å². The molecule has 3 unspecified atom stereocenters. The summed E-state index contributed by atoms with van der Waals surface area (Å²) in [5.41, 5.74) is 0. The van der Waals surface area contributed by atoms with Gasteiger partial charge < -0.3 is 24.8 Å². The van der Waals surface area contributed by atoms with Crippen molar-refractivity contribution >= 4 is 0 Å². The summed E-state index contributed by atoms with van der Waals surface area (Å²) in [6, 6.07) is 0. The van der Waals surface area contributed by atoms with Crippen molar-refractivity contribution in [3.05, 3.63) is 0 Å². The molecule has 0 radical (unpaired) electrons. The number of aliphatic hydroxyl groups is 3. The lowest BCUT2D eigenvalue weighted by molar-refractivity contribution is -0.203. The summed E-state index contributed by atoms with van der Waals surface area (Å²) >= 11 is 0. The third-order valence-corrected chi connectivity index (χ3v) is 2.03. The van der Waals surface area contributed by atoms with Crippen LogP contribution in [-0.4, -0.2) is 60.1 Å². The van der Waals surface area contributed by atoms with Crippen LogP contribution in [0.4, 0.5) is 0 Å². The molecule has 0 bridgehead atoms. The number of ether oxygens (including phenoxy) is 2. The Kier molecular flexibility index (Phi) is 3.42. The van der Waals surface area contributed by atoms with Gasteiger partial charge in [0.25, 0.3) is 0 Å². The Balaban J connectivity index is 2.56. The van der Waals surface area contributed by atoms with E-state index in [-0.39, 0.29) is 13.2 Å². The summed E-state index contributed by atoms with van der Waals surface area (Å²) in [5, 5.41) is 27.4. The molecule has 3 N–H and O–H groups in total. The largest absolute Gasteiger partial charge is 0.394 e. The minimum absolute atomic E-state index is 0.0841. The van der Waals surface area contributed by atoms with Crippen LogP contribution in [0.3, 0.4) is 0 Å². The predicted molar refractivity (Wildman–Crippen MR) is 39.6 cm³/mol. The van der Waals surface area contributed by atoms with Crippen LogP contribution in [-0.2, 0) is 9.47 Å². The molecule has 0 saturated carbocycles. The maximum Gasteiger partial charge on any atom is 0.114 e. The zero-order valence-corrected chi connectivity index (χ0v) is 6.88. The minimum atomic E-state index is -0.969. The fourth-order valence-electron chi connectivity index (χ4n) is 1.31. The normalized spacial score (nSPS) is 43.0. The van der Waals surface area contributed by atoms with Gasteiger partial charge >= 0.3 is 0 Å². The third kappa shape index (κ3) is 1.75. The molecule has 4 atom stereocenters. The minimum Gasteiger partial charge on any atom is -0.394 e. The van der Waals surface area contributed by atoms with Gasteiger partial charge in [0, 0.05) is 7.11 Å². The molecule has 1 aliphatic rings. The van der Waals surface area contributed by atoms with E-state index in [2.05, 4.69) is 0 Å². The van der Waals surface area contributed by atoms with Crippen molar-refractivity contribution < 1.29 is 24.8 Å². The van der Waals surface area contributed by atoms with Crippen LogP contribution >= 0.6 is 0 Å². The molecule has 0 aromatic heterocycles. The van der Waals surface area contributed by atoms with Crippen LogP contribution in [0, 0.1) is 0 Å². The second-order valence-corrected chi connectivity index (χ2v) is 2.81. The molecule has 0 aliphatic carbocycles. The summed E-state index contributed by atoms with van der Waals surface area (Å²) in [4.78, 5) is 0. The van der Waals surface area contributed by atoms with E-state index in [9.17, 15) is 10.2 Å². The number of hydrogen-bond acceptors (Lipinski definition) is 5. The van der Waals surface area contributed by atoms with Gasteiger partial charge in [0.2, 0.25) is 0 Å². The topological polar surface area (TPSA) is 79.2 Å². The first kappa shape index (κ1) is 9.88. The summed E-state index contributed by atoms with van der Waals surface area (Å²) < 4.78 is 9.81. The number of methoxy groups -OCH3 is 1. The molecule has 1 aliphatic heterocycles. The standard InChI is InChI=1S/C7H14O5/c1-11-7-4(9)3-12-5(2-8)6(7)10/h4-10H,2-3H2,1H3/t4-,5?,6?,7?/m1/s1. The zero-order valence-electron chi connectivity index (χ0n) is 6.88. The Morgan fingerprint density at radius 3 is 2.67 bits per heavy atom. The highest BCUT2D eigenvalue weighted by Crippen LogP contribution is 2.17. The third-order valence-electron chi connectivity index (χ3n) is 2.03. The molecule has 0 spiro atoms. The van der Waals surface area contributed by atoms with Gasteiger partial charge in [-0.2, -0.15) is 0 Å². The van der Waals surface area contributed by atoms with E-state index in [0.29, 0.717) is 0 Å². The van der Waals surface area contributed by atoms with Gasteiger partial charge in [-0.05, 0) is 0 Å². The summed E-state index contributed by atoms with van der Waals surface area (Å²) in [5.74, 6) is 0. The Bertz CT molecular complexity index is 140. The van der Waals surface area contributed by atoms with Crippen molar-refractivity contribution in [2.24, 2.45) is 0 Å². The monoisotopic (exact) mass is 178 g/mol. The van der Waals surface area contributed by atoms with Gasteiger partial charge in [-0.1, -0.05) is 0 Å². The van der Waals surface area contributed by atoms with Crippen LogP contribution in [0.1, 0.15) is 0 Å². The van der Waals surface area contributed by atoms with Gasteiger partial charge in [0.1, 0.15) is 24.4 Å². The van der Waals surface area contributed by atoms with E-state index < -0.39 is 24.4 Å². The van der Waals surface area contributed by atoms with E-state index in [1.54, 1.807) is 0 Å². The maximum atomic E-state index is 9.43. The summed E-state index contributed by atoms with van der Waals surface area (Å²) in [7, 11) is 1.40. The van der Waals surface area contributed by atoms with Crippen molar-refractivity contribution in [1.29, 1.82) is 0 Å². The highest BCUT2D eigenvalue weighted by atomic mass is 16.6. The Morgan fingerprint density at radius 2 is 2.17 bits per heavy atom. The Hall–Kier alpha value is -0.200. The highest BCUT2D eigenvalue weighted by molar-refractivity contribution is 4.87. The van der Waals surface area contributed by atoms with Crippen molar-refractivity contribution in [1.82, 2.24) is 0 Å². The van der Waals surface area contributed by atoms with E-state index in [0.717, 1.165) is 0 Å². The lowest BCUT2D eigenvalue weighted by Crippen LogP contribution is -2.54. The van der Waals surface area contributed by atoms with Crippen LogP contribution in [0.15, 0.2) is 0 Å². The second kappa shape index (κ2) is 4.15. The van der Waals surface area contributed by atoms with Crippen LogP contribution in [0.25, 0.3) is 0 Å². The fraction of sp³-hybridized carbons (Fsp3) is 1.00. The van der Waals surface area contributed by atoms with Gasteiger partial charge in [0.15, 0.2) is 0 Å². The SMILES string of the molecule is COC1C(O)C(CO)OC[C@H]1O. The first-order valence-corrected chi connectivity index (χ1v) is 3.82. The number of rotatable bonds is 2. The van der Waals surface area contributed by atoms with Crippen LogP contribution in [0.2, 0.25) is 0 Å². The van der Waals surface area contributed by atoms with E-state index in [4.69, 9.17) is 14.6 Å². The molecule has 5 nitrogen and oxygen atoms in total. The fourth-order valence-corrected chi connectivity index (χ4v) is 1.31. The smallest absolute Gasteiger partial charge is 0.114 e. The lowest BCUT2D eigenvalue weighted by atomic mass is 10.0. The predicted octanol–water partition coefficient (Wildman–Crippen LogP) is -1.89. The first-order valence-electron chi connectivity index (χ1n) is 3.82. The van der Waals surface area contributed by atoms with E-state index in [1.165, 1.54) is 7.11 Å². The molecule has 1 fully saturated rings. The summed E-state index contributed by atoms with van der Waals surface area (Å²) in [6.07, 6.45) is -3.12. The van der Waals surface area contributed by atoms with Gasteiger partial charge in [-0.15, -0.1) is 0 Å². The quantitative estimate of drug-likeness (QED) is 0.461. The van der Waals surface area contributed by atoms with Gasteiger partial charge in [0.05, 0.1) is 13.2 Å². The van der Waals surface area contributed by atoms with Crippen molar-refractivity contribution in [3.8, 4) is 0 Å². The average molecular weight is 178 g/mol. The van der Waals surface area contributed by atoms with Crippen molar-refractivity contribution in [3.63, 3.8) is 0 Å². The molecule has 5 heteroatoms. The molecular formula is C7H14O5. The molecule has 1 heterocycles. The van der Waals surface area contributed by atoms with Crippen LogP contribution < -0.4 is 0 Å². The zero-order chi connectivity index (χ0) is 9.14. The second-order valence-electron chi connectivity index (χ2n) is 2.81. The first-order chi connectivity index (χ1) is 5.70. The van der Waals surface area contributed by atoms with Gasteiger partial charge in [-0.3, -0.25) is 0 Å². The highest BCUT2D eigenvalue weighted by Gasteiger charge is 2.38. The van der Waals surface area contributed by atoms with Gasteiger partial charge in [-0.25, -0.2) is 0 Å². The van der Waals surface area contributed by atoms with Crippen molar-refractivity contribution in [2.75, 3.05) is 20.3 Å². The molecule has 0 aromatic carbocycles. The molecule has 1 saturated heterocycles. The van der Waals surface area contributed by atoms with E-state index in [1.807, 2.05) is 0 Å². The lowest BCUT2D eigenvalue weighted by Gasteiger charge is -2.36. The maximum absolute atomic E-state index is 9.43. The summed E-state index contributed by atoms with van der Waals surface area (Å²) in [6.45, 7) is -0.186. The van der Waals surface area contributed by atoms with Crippen molar-refractivity contribution in [2.45, 2.75) is 24.4 Å². The molecular weight excluding hydrogens is 164 g/mol. The molecule has 0 aromatic rings.